The van der Waals surface area contributed by atoms with Gasteiger partial charge in [0.15, 0.2) is 0 Å². The summed E-state index contributed by atoms with van der Waals surface area (Å²) in [6.07, 6.45) is 5.48. The summed E-state index contributed by atoms with van der Waals surface area (Å²) in [5.74, 6) is -0.185. The second kappa shape index (κ2) is 17.5. The highest BCUT2D eigenvalue weighted by Gasteiger charge is 2.33. The first-order valence-electron chi connectivity index (χ1n) is 16.5. The number of amides is 4. The number of carbonyl (C=O) groups is 4. The van der Waals surface area contributed by atoms with Crippen molar-refractivity contribution in [2.75, 3.05) is 52.4 Å². The van der Waals surface area contributed by atoms with E-state index in [4.69, 9.17) is 24.4 Å². The third-order valence-corrected chi connectivity index (χ3v) is 11.3. The summed E-state index contributed by atoms with van der Waals surface area (Å²) in [7, 11) is 0. The lowest BCUT2D eigenvalue weighted by atomic mass is 10.1. The van der Waals surface area contributed by atoms with E-state index in [1.165, 1.54) is 23.5 Å². The number of rotatable bonds is 13. The van der Waals surface area contributed by atoms with E-state index in [1.54, 1.807) is 9.80 Å². The molecule has 3 fully saturated rings. The quantitative estimate of drug-likeness (QED) is 0.220. The Bertz CT molecular complexity index is 1650. The number of nitrogens with one attached hydrogen (secondary N) is 1. The van der Waals surface area contributed by atoms with Crippen LogP contribution in [-0.4, -0.2) is 104 Å². The molecule has 3 saturated heterocycles. The van der Waals surface area contributed by atoms with Crippen molar-refractivity contribution in [1.82, 2.24) is 24.9 Å². The molecule has 1 N–H and O–H groups in total. The first-order valence-corrected chi connectivity index (χ1v) is 18.9. The Balaban J connectivity index is 0.935. The first-order chi connectivity index (χ1) is 23.6. The second-order valence-corrected chi connectivity index (χ2v) is 15.6. The van der Waals surface area contributed by atoms with Crippen LogP contribution in [0.2, 0.25) is 0 Å². The number of nitrogens with zero attached hydrogens (tertiary/aromatic N) is 4. The highest BCUT2D eigenvalue weighted by molar-refractivity contribution is 8.27. The van der Waals surface area contributed by atoms with Crippen molar-refractivity contribution < 1.29 is 19.2 Å². The second-order valence-electron chi connectivity index (χ2n) is 12.3. The van der Waals surface area contributed by atoms with Crippen molar-refractivity contribution >= 4 is 92.4 Å². The summed E-state index contributed by atoms with van der Waals surface area (Å²) in [4.78, 5) is 59.7. The van der Waals surface area contributed by atoms with Gasteiger partial charge in [0, 0.05) is 65.2 Å². The third-order valence-electron chi connectivity index (χ3n) is 8.53. The standard InChI is InChI=1S/C36H41N5O4S4/c1-25-7-11-27(12-8-25)23-29-33(44)40(35(46)48-29)16-3-5-31(42)37-15-18-38-19-21-39(22-20-38)32(43)6-4-17-41-34(45)30(49-36(41)47)24-28-13-9-26(2)10-14-28/h7-14,23-24H,3-6,15-22H2,1-2H3,(H,37,42). The normalized spacial score (nSPS) is 18.8. The van der Waals surface area contributed by atoms with E-state index in [0.29, 0.717) is 83.4 Å². The molecule has 0 unspecified atom stereocenters. The zero-order valence-electron chi connectivity index (χ0n) is 27.8. The van der Waals surface area contributed by atoms with Gasteiger partial charge in [-0.25, -0.2) is 0 Å². The molecule has 2 aromatic rings. The van der Waals surface area contributed by atoms with Gasteiger partial charge < -0.3 is 10.2 Å². The number of benzene rings is 2. The summed E-state index contributed by atoms with van der Waals surface area (Å²) in [6, 6.07) is 16.0. The molecule has 3 aliphatic rings. The molecule has 0 aromatic heterocycles. The predicted molar refractivity (Wildman–Crippen MR) is 207 cm³/mol. The number of carbonyl (C=O) groups excluding carboxylic acids is 4. The lowest BCUT2D eigenvalue weighted by Gasteiger charge is -2.34. The Morgan fingerprint density at radius 1 is 0.714 bits per heavy atom. The van der Waals surface area contributed by atoms with Gasteiger partial charge in [-0.05, 0) is 50.0 Å². The largest absolute Gasteiger partial charge is 0.355 e. The zero-order valence-corrected chi connectivity index (χ0v) is 31.1. The molecule has 0 saturated carbocycles. The molecule has 4 amide bonds. The van der Waals surface area contributed by atoms with E-state index in [1.807, 2.05) is 79.4 Å². The number of piperazine rings is 1. The smallest absolute Gasteiger partial charge is 0.266 e. The van der Waals surface area contributed by atoms with Gasteiger partial charge in [0.2, 0.25) is 11.8 Å². The number of hydrogen-bond acceptors (Lipinski definition) is 9. The van der Waals surface area contributed by atoms with Crippen molar-refractivity contribution in [3.63, 3.8) is 0 Å². The molecule has 0 atom stereocenters. The van der Waals surface area contributed by atoms with Gasteiger partial charge in [-0.15, -0.1) is 0 Å². The molecule has 13 heteroatoms. The van der Waals surface area contributed by atoms with Crippen LogP contribution in [0, 0.1) is 13.8 Å². The molecule has 2 aromatic carbocycles. The molecule has 5 rings (SSSR count). The van der Waals surface area contributed by atoms with Crippen LogP contribution < -0.4 is 5.32 Å². The summed E-state index contributed by atoms with van der Waals surface area (Å²) in [6.45, 7) is 8.85. The van der Waals surface area contributed by atoms with Crippen LogP contribution in [-0.2, 0) is 19.2 Å². The van der Waals surface area contributed by atoms with Gasteiger partial charge in [0.1, 0.15) is 8.64 Å². The first kappa shape index (κ1) is 36.9. The zero-order chi connectivity index (χ0) is 34.9. The molecule has 258 valence electrons. The monoisotopic (exact) mass is 735 g/mol. The van der Waals surface area contributed by atoms with Crippen molar-refractivity contribution in [3.05, 3.63) is 80.6 Å². The number of aryl methyl sites for hydroxylation is 2. The number of hydrogen-bond donors (Lipinski definition) is 1. The predicted octanol–water partition coefficient (Wildman–Crippen LogP) is 5.23. The van der Waals surface area contributed by atoms with Crippen molar-refractivity contribution in [2.24, 2.45) is 0 Å². The van der Waals surface area contributed by atoms with Crippen LogP contribution in [0.5, 0.6) is 0 Å². The maximum absolute atomic E-state index is 12.9. The van der Waals surface area contributed by atoms with Crippen molar-refractivity contribution in [3.8, 4) is 0 Å². The Morgan fingerprint density at radius 2 is 1.18 bits per heavy atom. The van der Waals surface area contributed by atoms with Crippen molar-refractivity contribution in [1.29, 1.82) is 0 Å². The van der Waals surface area contributed by atoms with Gasteiger partial charge in [0.25, 0.3) is 11.8 Å². The molecule has 49 heavy (non-hydrogen) atoms. The lowest BCUT2D eigenvalue weighted by Crippen LogP contribution is -2.50. The summed E-state index contributed by atoms with van der Waals surface area (Å²) < 4.78 is 1.05. The van der Waals surface area contributed by atoms with E-state index in [-0.39, 0.29) is 23.6 Å². The Labute approximate surface area is 307 Å². The van der Waals surface area contributed by atoms with E-state index in [2.05, 4.69) is 10.2 Å². The maximum Gasteiger partial charge on any atom is 0.266 e. The third kappa shape index (κ3) is 10.3. The molecule has 9 nitrogen and oxygen atoms in total. The summed E-state index contributed by atoms with van der Waals surface area (Å²) >= 11 is 13.5. The molecule has 0 radical (unpaired) electrons. The number of thiocarbonyl (C=S) groups is 2. The Kier molecular flexibility index (Phi) is 13.2. The van der Waals surface area contributed by atoms with E-state index in [0.717, 1.165) is 35.3 Å². The minimum Gasteiger partial charge on any atom is -0.355 e. The summed E-state index contributed by atoms with van der Waals surface area (Å²) in [5, 5.41) is 2.98. The van der Waals surface area contributed by atoms with Crippen LogP contribution in [0.3, 0.4) is 0 Å². The van der Waals surface area contributed by atoms with Crippen LogP contribution in [0.4, 0.5) is 0 Å². The molecular formula is C36H41N5O4S4. The minimum atomic E-state index is -0.112. The van der Waals surface area contributed by atoms with Crippen LogP contribution >= 0.6 is 48.0 Å². The fraction of sp³-hybridized carbons (Fsp3) is 0.389. The molecule has 0 spiro atoms. The van der Waals surface area contributed by atoms with Crippen LogP contribution in [0.25, 0.3) is 12.2 Å². The fourth-order valence-corrected chi connectivity index (χ4v) is 8.24. The molecular weight excluding hydrogens is 695 g/mol. The van der Waals surface area contributed by atoms with Gasteiger partial charge in [-0.2, -0.15) is 0 Å². The SMILES string of the molecule is Cc1ccc(C=C2SC(=S)N(CCCC(=O)NCCN3CCN(C(=O)CCCN4C(=O)C(=Cc5ccc(C)cc5)SC4=S)CC3)C2=O)cc1. The van der Waals surface area contributed by atoms with Gasteiger partial charge in [-0.1, -0.05) is 108 Å². The molecule has 0 aliphatic carbocycles. The molecule has 3 heterocycles. The topological polar surface area (TPSA) is 93.3 Å². The van der Waals surface area contributed by atoms with Gasteiger partial charge in [-0.3, -0.25) is 33.9 Å². The Morgan fingerprint density at radius 3 is 1.67 bits per heavy atom. The average Bonchev–Trinajstić information content (AvgIpc) is 3.50. The van der Waals surface area contributed by atoms with Crippen LogP contribution in [0.15, 0.2) is 58.3 Å². The highest BCUT2D eigenvalue weighted by atomic mass is 32.2. The lowest BCUT2D eigenvalue weighted by molar-refractivity contribution is -0.133. The Hall–Kier alpha value is -3.36. The average molecular weight is 736 g/mol. The van der Waals surface area contributed by atoms with Gasteiger partial charge >= 0.3 is 0 Å². The summed E-state index contributed by atoms with van der Waals surface area (Å²) in [5.41, 5.74) is 4.23. The fourth-order valence-electron chi connectivity index (χ4n) is 5.62. The van der Waals surface area contributed by atoms with Crippen LogP contribution in [0.1, 0.15) is 47.9 Å². The molecule has 0 bridgehead atoms. The van der Waals surface area contributed by atoms with Gasteiger partial charge in [0.05, 0.1) is 9.81 Å². The van der Waals surface area contributed by atoms with E-state index < -0.39 is 0 Å². The molecule has 3 aliphatic heterocycles. The van der Waals surface area contributed by atoms with Crippen molar-refractivity contribution in [2.45, 2.75) is 39.5 Å². The maximum atomic E-state index is 12.9. The minimum absolute atomic E-state index is 0.0541. The highest BCUT2D eigenvalue weighted by Crippen LogP contribution is 2.34. The van der Waals surface area contributed by atoms with E-state index in [9.17, 15) is 19.2 Å². The number of thioether (sulfide) groups is 2. The van der Waals surface area contributed by atoms with E-state index >= 15 is 0 Å².